The molecule has 0 bridgehead atoms. The number of hydrogen-bond donors (Lipinski definition) is 0. The Hall–Kier alpha value is -3.20. The zero-order chi connectivity index (χ0) is 24.0. The van der Waals surface area contributed by atoms with Crippen LogP contribution >= 0.6 is 0 Å². The maximum absolute atomic E-state index is 7.16. The molecule has 0 aliphatic rings. The van der Waals surface area contributed by atoms with Crippen molar-refractivity contribution in [2.45, 2.75) is 51.1 Å². The fourth-order valence-electron chi connectivity index (χ4n) is 4.98. The van der Waals surface area contributed by atoms with Crippen molar-refractivity contribution in [2.24, 2.45) is 0 Å². The first-order valence-corrected chi connectivity index (χ1v) is 12.1. The van der Waals surface area contributed by atoms with Crippen LogP contribution in [0.15, 0.2) is 121 Å². The molecule has 0 atom stereocenters. The number of hydrogen-bond acceptors (Lipinski definition) is 2. The molecule has 2 heteroatoms. The summed E-state index contributed by atoms with van der Waals surface area (Å²) >= 11 is 0. The summed E-state index contributed by atoms with van der Waals surface area (Å²) in [6, 6.07) is 42.0. The van der Waals surface area contributed by atoms with Gasteiger partial charge in [0.1, 0.15) is 0 Å². The molecule has 0 fully saturated rings. The Morgan fingerprint density at radius 1 is 0.382 bits per heavy atom. The van der Waals surface area contributed by atoms with Crippen molar-refractivity contribution in [1.82, 2.24) is 0 Å². The molecule has 0 saturated heterocycles. The van der Waals surface area contributed by atoms with Crippen molar-refractivity contribution in [2.75, 3.05) is 0 Å². The van der Waals surface area contributed by atoms with Crippen molar-refractivity contribution in [3.05, 3.63) is 144 Å². The molecule has 0 aliphatic carbocycles. The molecule has 0 radical (unpaired) electrons. The van der Waals surface area contributed by atoms with Gasteiger partial charge in [0.2, 0.25) is 0 Å². The molecular formula is C32H34O2. The van der Waals surface area contributed by atoms with Gasteiger partial charge in [-0.1, -0.05) is 121 Å². The quantitative estimate of drug-likeness (QED) is 0.260. The minimum atomic E-state index is -0.962. The highest BCUT2D eigenvalue weighted by Crippen LogP contribution is 2.55. The minimum absolute atomic E-state index is 0.0667. The van der Waals surface area contributed by atoms with E-state index in [1.807, 2.05) is 24.3 Å². The first kappa shape index (κ1) is 23.9. The smallest absolute Gasteiger partial charge is 0.156 e. The van der Waals surface area contributed by atoms with Crippen LogP contribution in [-0.2, 0) is 20.7 Å². The van der Waals surface area contributed by atoms with Gasteiger partial charge in [0, 0.05) is 0 Å². The Balaban J connectivity index is 2.23. The number of benzene rings is 4. The molecule has 0 N–H and O–H groups in total. The molecular weight excluding hydrogens is 416 g/mol. The molecule has 0 spiro atoms. The highest BCUT2D eigenvalue weighted by molar-refractivity contribution is 5.51. The van der Waals surface area contributed by atoms with Gasteiger partial charge in [0.05, 0.1) is 12.2 Å². The Labute approximate surface area is 204 Å². The summed E-state index contributed by atoms with van der Waals surface area (Å²) < 4.78 is 14.3. The van der Waals surface area contributed by atoms with Crippen LogP contribution in [0.3, 0.4) is 0 Å². The lowest BCUT2D eigenvalue weighted by molar-refractivity contribution is -0.210. The standard InChI is InChI=1S/C32H34O2/c1-25(2)33-31(27-17-9-5-10-18-27,28-19-11-6-12-20-28)32(34-26(3)4,29-21-13-7-14-22-29)30-23-15-8-16-24-30/h5-26H,1-4H3. The van der Waals surface area contributed by atoms with Crippen molar-refractivity contribution >= 4 is 0 Å². The Kier molecular flexibility index (Phi) is 7.31. The lowest BCUT2D eigenvalue weighted by Gasteiger charge is -2.52. The van der Waals surface area contributed by atoms with Gasteiger partial charge in [-0.15, -0.1) is 0 Å². The molecule has 0 amide bonds. The third kappa shape index (κ3) is 4.32. The van der Waals surface area contributed by atoms with E-state index in [0.717, 1.165) is 22.3 Å². The van der Waals surface area contributed by atoms with Crippen molar-refractivity contribution in [3.63, 3.8) is 0 Å². The van der Waals surface area contributed by atoms with Crippen LogP contribution in [0.4, 0.5) is 0 Å². The summed E-state index contributed by atoms with van der Waals surface area (Å²) in [5.74, 6) is 0. The monoisotopic (exact) mass is 450 g/mol. The summed E-state index contributed by atoms with van der Waals surface area (Å²) in [4.78, 5) is 0. The summed E-state index contributed by atoms with van der Waals surface area (Å²) in [7, 11) is 0. The van der Waals surface area contributed by atoms with Gasteiger partial charge in [0.25, 0.3) is 0 Å². The van der Waals surface area contributed by atoms with Crippen LogP contribution < -0.4 is 0 Å². The van der Waals surface area contributed by atoms with Crippen LogP contribution in [0, 0.1) is 0 Å². The zero-order valence-corrected chi connectivity index (χ0v) is 20.5. The first-order chi connectivity index (χ1) is 16.5. The van der Waals surface area contributed by atoms with E-state index in [1.165, 1.54) is 0 Å². The van der Waals surface area contributed by atoms with Crippen LogP contribution in [0.25, 0.3) is 0 Å². The van der Waals surface area contributed by atoms with Crippen LogP contribution in [0.5, 0.6) is 0 Å². The predicted octanol–water partition coefficient (Wildman–Crippen LogP) is 7.72. The Bertz CT molecular complexity index is 963. The Morgan fingerprint density at radius 2 is 0.588 bits per heavy atom. The van der Waals surface area contributed by atoms with E-state index in [2.05, 4.69) is 125 Å². The summed E-state index contributed by atoms with van der Waals surface area (Å²) in [5.41, 5.74) is 2.26. The molecule has 0 unspecified atom stereocenters. The largest absolute Gasteiger partial charge is 0.359 e. The van der Waals surface area contributed by atoms with Crippen LogP contribution in [-0.4, -0.2) is 12.2 Å². The topological polar surface area (TPSA) is 18.5 Å². The van der Waals surface area contributed by atoms with E-state index in [0.29, 0.717) is 0 Å². The average Bonchev–Trinajstić information content (AvgIpc) is 2.88. The maximum Gasteiger partial charge on any atom is 0.156 e. The average molecular weight is 451 g/mol. The van der Waals surface area contributed by atoms with Crippen LogP contribution in [0.1, 0.15) is 49.9 Å². The van der Waals surface area contributed by atoms with E-state index in [9.17, 15) is 0 Å². The molecule has 4 rings (SSSR count). The van der Waals surface area contributed by atoms with Gasteiger partial charge >= 0.3 is 0 Å². The highest BCUT2D eigenvalue weighted by atomic mass is 16.6. The molecule has 0 saturated carbocycles. The summed E-state index contributed by atoms with van der Waals surface area (Å²) in [6.07, 6.45) is -0.133. The molecule has 0 aromatic heterocycles. The minimum Gasteiger partial charge on any atom is -0.359 e. The summed E-state index contributed by atoms with van der Waals surface area (Å²) in [5, 5.41) is 0. The normalized spacial score (nSPS) is 12.3. The SMILES string of the molecule is CC(C)OC(c1ccccc1)(c1ccccc1)C(OC(C)C)(c1ccccc1)c1ccccc1. The second-order valence-corrected chi connectivity index (χ2v) is 9.16. The van der Waals surface area contributed by atoms with Crippen molar-refractivity contribution in [3.8, 4) is 0 Å². The third-order valence-electron chi connectivity index (χ3n) is 6.04. The summed E-state index contributed by atoms with van der Waals surface area (Å²) in [6.45, 7) is 8.38. The van der Waals surface area contributed by atoms with Gasteiger partial charge in [-0.3, -0.25) is 0 Å². The fourth-order valence-corrected chi connectivity index (χ4v) is 4.98. The van der Waals surface area contributed by atoms with E-state index < -0.39 is 11.2 Å². The number of rotatable bonds is 9. The Morgan fingerprint density at radius 3 is 0.765 bits per heavy atom. The van der Waals surface area contributed by atoms with Crippen molar-refractivity contribution in [1.29, 1.82) is 0 Å². The lowest BCUT2D eigenvalue weighted by atomic mass is 9.65. The molecule has 4 aromatic rings. The van der Waals surface area contributed by atoms with Gasteiger partial charge in [0.15, 0.2) is 11.2 Å². The molecule has 0 heterocycles. The maximum atomic E-state index is 7.16. The third-order valence-corrected chi connectivity index (χ3v) is 6.04. The molecule has 34 heavy (non-hydrogen) atoms. The molecule has 4 aromatic carbocycles. The van der Waals surface area contributed by atoms with Gasteiger partial charge in [-0.2, -0.15) is 0 Å². The zero-order valence-electron chi connectivity index (χ0n) is 20.5. The van der Waals surface area contributed by atoms with Crippen LogP contribution in [0.2, 0.25) is 0 Å². The second kappa shape index (κ2) is 10.4. The van der Waals surface area contributed by atoms with E-state index >= 15 is 0 Å². The number of ether oxygens (including phenoxy) is 2. The van der Waals surface area contributed by atoms with E-state index in [4.69, 9.17) is 9.47 Å². The molecule has 174 valence electrons. The highest BCUT2D eigenvalue weighted by Gasteiger charge is 2.59. The van der Waals surface area contributed by atoms with E-state index in [-0.39, 0.29) is 12.2 Å². The molecule has 2 nitrogen and oxygen atoms in total. The van der Waals surface area contributed by atoms with E-state index in [1.54, 1.807) is 0 Å². The van der Waals surface area contributed by atoms with Gasteiger partial charge in [-0.25, -0.2) is 0 Å². The fraction of sp³-hybridized carbons (Fsp3) is 0.250. The molecule has 0 aliphatic heterocycles. The second-order valence-electron chi connectivity index (χ2n) is 9.16. The van der Waals surface area contributed by atoms with Gasteiger partial charge in [-0.05, 0) is 49.9 Å². The van der Waals surface area contributed by atoms with Crippen molar-refractivity contribution < 1.29 is 9.47 Å². The predicted molar refractivity (Wildman–Crippen MR) is 140 cm³/mol. The van der Waals surface area contributed by atoms with Gasteiger partial charge < -0.3 is 9.47 Å². The lowest BCUT2D eigenvalue weighted by Crippen LogP contribution is -2.56. The first-order valence-electron chi connectivity index (χ1n) is 12.1.